The van der Waals surface area contributed by atoms with Crippen LogP contribution in [0.5, 0.6) is 0 Å². The zero-order chi connectivity index (χ0) is 22.6. The molecule has 1 aromatic carbocycles. The summed E-state index contributed by atoms with van der Waals surface area (Å²) >= 11 is 0. The van der Waals surface area contributed by atoms with Gasteiger partial charge in [-0.1, -0.05) is 12.1 Å². The van der Waals surface area contributed by atoms with Crippen molar-refractivity contribution in [2.75, 3.05) is 32.8 Å². The van der Waals surface area contributed by atoms with Crippen LogP contribution in [0.3, 0.4) is 0 Å². The van der Waals surface area contributed by atoms with Gasteiger partial charge in [-0.25, -0.2) is 4.79 Å². The summed E-state index contributed by atoms with van der Waals surface area (Å²) in [4.78, 5) is 33.4. The smallest absolute Gasteiger partial charge is 0.332 e. The zero-order valence-electron chi connectivity index (χ0n) is 19.0. The van der Waals surface area contributed by atoms with E-state index in [9.17, 15) is 9.59 Å². The van der Waals surface area contributed by atoms with Gasteiger partial charge >= 0.3 is 5.69 Å². The molecule has 3 aromatic heterocycles. The Balaban J connectivity index is 1.69. The highest BCUT2D eigenvalue weighted by molar-refractivity contribution is 5.76. The summed E-state index contributed by atoms with van der Waals surface area (Å²) in [6.45, 7) is 10.1. The standard InChI is InChI=1S/C23H28N6O3/c1-15-5-6-16(2)18(13-15)29-17(3)14-28-19-20(24-22(28)29)25(4)23(31)27(21(19)30)8-7-26-9-11-32-12-10-26/h5-6,13-14H,7-12H2,1-4H3. The molecule has 4 heterocycles. The highest BCUT2D eigenvalue weighted by atomic mass is 16.5. The molecule has 0 amide bonds. The second-order valence-electron chi connectivity index (χ2n) is 8.60. The number of aryl methyl sites for hydroxylation is 4. The molecule has 0 spiro atoms. The van der Waals surface area contributed by atoms with E-state index in [0.717, 1.165) is 35.6 Å². The minimum absolute atomic E-state index is 0.304. The average molecular weight is 437 g/mol. The van der Waals surface area contributed by atoms with Crippen LogP contribution in [0.25, 0.3) is 22.6 Å². The Morgan fingerprint density at radius 1 is 1.06 bits per heavy atom. The normalized spacial score (nSPS) is 15.2. The summed E-state index contributed by atoms with van der Waals surface area (Å²) in [6.07, 6.45) is 1.92. The van der Waals surface area contributed by atoms with Crippen molar-refractivity contribution in [2.45, 2.75) is 27.3 Å². The first-order chi connectivity index (χ1) is 15.4. The molecule has 0 radical (unpaired) electrons. The van der Waals surface area contributed by atoms with Crippen molar-refractivity contribution in [3.8, 4) is 5.69 Å². The molecular formula is C23H28N6O3. The Bertz CT molecular complexity index is 1450. The van der Waals surface area contributed by atoms with E-state index in [2.05, 4.69) is 36.9 Å². The van der Waals surface area contributed by atoms with Crippen molar-refractivity contribution in [1.82, 2.24) is 28.0 Å². The first-order valence-corrected chi connectivity index (χ1v) is 10.9. The average Bonchev–Trinajstić information content (AvgIpc) is 3.29. The number of benzene rings is 1. The molecule has 0 N–H and O–H groups in total. The van der Waals surface area contributed by atoms with Gasteiger partial charge in [-0.3, -0.25) is 27.8 Å². The Morgan fingerprint density at radius 3 is 2.56 bits per heavy atom. The van der Waals surface area contributed by atoms with Crippen LogP contribution in [0, 0.1) is 20.8 Å². The minimum Gasteiger partial charge on any atom is -0.379 e. The molecule has 32 heavy (non-hydrogen) atoms. The topological polar surface area (TPSA) is 78.7 Å². The van der Waals surface area contributed by atoms with Crippen molar-refractivity contribution >= 4 is 16.9 Å². The SMILES string of the molecule is Cc1ccc(C)c(-n2c(C)cn3c4c(=O)n(CCN5CCOCC5)c(=O)n(C)c4nc23)c1. The molecule has 5 rings (SSSR count). The summed E-state index contributed by atoms with van der Waals surface area (Å²) in [5, 5.41) is 0. The second kappa shape index (κ2) is 7.75. The number of nitrogens with zero attached hydrogens (tertiary/aromatic N) is 6. The fourth-order valence-corrected chi connectivity index (χ4v) is 4.53. The van der Waals surface area contributed by atoms with E-state index in [1.807, 2.05) is 22.1 Å². The van der Waals surface area contributed by atoms with Gasteiger partial charge in [-0.2, -0.15) is 4.98 Å². The molecule has 1 aliphatic heterocycles. The number of ether oxygens (including phenoxy) is 1. The van der Waals surface area contributed by atoms with Crippen molar-refractivity contribution in [3.63, 3.8) is 0 Å². The lowest BCUT2D eigenvalue weighted by atomic mass is 10.1. The number of rotatable bonds is 4. The number of imidazole rings is 2. The Hall–Kier alpha value is -3.17. The van der Waals surface area contributed by atoms with E-state index in [0.29, 0.717) is 43.2 Å². The van der Waals surface area contributed by atoms with Gasteiger partial charge in [0.15, 0.2) is 11.2 Å². The fraction of sp³-hybridized carbons (Fsp3) is 0.435. The lowest BCUT2D eigenvalue weighted by molar-refractivity contribution is 0.0361. The molecule has 168 valence electrons. The number of hydrogen-bond donors (Lipinski definition) is 0. The van der Waals surface area contributed by atoms with E-state index >= 15 is 0 Å². The molecule has 0 atom stereocenters. The largest absolute Gasteiger partial charge is 0.379 e. The zero-order valence-corrected chi connectivity index (χ0v) is 19.0. The fourth-order valence-electron chi connectivity index (χ4n) is 4.53. The summed E-state index contributed by atoms with van der Waals surface area (Å²) < 4.78 is 12.1. The second-order valence-corrected chi connectivity index (χ2v) is 8.60. The Labute approximate surface area is 185 Å². The molecule has 9 nitrogen and oxygen atoms in total. The first kappa shape index (κ1) is 20.7. The minimum atomic E-state index is -0.341. The van der Waals surface area contributed by atoms with Crippen molar-refractivity contribution in [3.05, 3.63) is 62.1 Å². The lowest BCUT2D eigenvalue weighted by Gasteiger charge is -2.26. The summed E-state index contributed by atoms with van der Waals surface area (Å²) in [7, 11) is 1.68. The van der Waals surface area contributed by atoms with E-state index in [1.54, 1.807) is 7.05 Å². The summed E-state index contributed by atoms with van der Waals surface area (Å²) in [6, 6.07) is 6.27. The van der Waals surface area contributed by atoms with Gasteiger partial charge in [0.05, 0.1) is 18.9 Å². The number of hydrogen-bond acceptors (Lipinski definition) is 5. The van der Waals surface area contributed by atoms with Crippen LogP contribution in [-0.4, -0.2) is 60.8 Å². The highest BCUT2D eigenvalue weighted by Gasteiger charge is 2.22. The highest BCUT2D eigenvalue weighted by Crippen LogP contribution is 2.24. The van der Waals surface area contributed by atoms with Crippen LogP contribution >= 0.6 is 0 Å². The van der Waals surface area contributed by atoms with Crippen LogP contribution < -0.4 is 11.2 Å². The predicted molar refractivity (Wildman–Crippen MR) is 123 cm³/mol. The summed E-state index contributed by atoms with van der Waals surface area (Å²) in [5.41, 5.74) is 4.43. The number of aromatic nitrogens is 5. The third-order valence-electron chi connectivity index (χ3n) is 6.38. The van der Waals surface area contributed by atoms with Gasteiger partial charge in [-0.15, -0.1) is 0 Å². The first-order valence-electron chi connectivity index (χ1n) is 10.9. The molecule has 1 fully saturated rings. The van der Waals surface area contributed by atoms with Crippen LogP contribution in [0.15, 0.2) is 34.0 Å². The lowest BCUT2D eigenvalue weighted by Crippen LogP contribution is -2.44. The van der Waals surface area contributed by atoms with Gasteiger partial charge in [0, 0.05) is 45.1 Å². The number of morpholine rings is 1. The molecule has 0 unspecified atom stereocenters. The van der Waals surface area contributed by atoms with Gasteiger partial charge in [0.1, 0.15) is 0 Å². The van der Waals surface area contributed by atoms with Crippen molar-refractivity contribution < 1.29 is 4.74 Å². The Morgan fingerprint density at radius 2 is 1.81 bits per heavy atom. The van der Waals surface area contributed by atoms with Gasteiger partial charge in [-0.05, 0) is 38.0 Å². The maximum Gasteiger partial charge on any atom is 0.332 e. The van der Waals surface area contributed by atoms with Crippen LogP contribution in [-0.2, 0) is 18.3 Å². The van der Waals surface area contributed by atoms with Gasteiger partial charge in [0.2, 0.25) is 5.78 Å². The van der Waals surface area contributed by atoms with Gasteiger partial charge < -0.3 is 4.74 Å². The predicted octanol–water partition coefficient (Wildman–Crippen LogP) is 1.40. The third kappa shape index (κ3) is 3.20. The molecule has 1 saturated heterocycles. The Kier molecular flexibility index (Phi) is 5.02. The van der Waals surface area contributed by atoms with Crippen LogP contribution in [0.2, 0.25) is 0 Å². The molecular weight excluding hydrogens is 408 g/mol. The van der Waals surface area contributed by atoms with E-state index in [-0.39, 0.29) is 11.2 Å². The maximum atomic E-state index is 13.5. The maximum absolute atomic E-state index is 13.5. The quantitative estimate of drug-likeness (QED) is 0.483. The molecule has 4 aromatic rings. The van der Waals surface area contributed by atoms with Crippen LogP contribution in [0.1, 0.15) is 16.8 Å². The van der Waals surface area contributed by atoms with Crippen molar-refractivity contribution in [1.29, 1.82) is 0 Å². The molecule has 0 bridgehead atoms. The van der Waals surface area contributed by atoms with Crippen molar-refractivity contribution in [2.24, 2.45) is 7.05 Å². The van der Waals surface area contributed by atoms with Gasteiger partial charge in [0.25, 0.3) is 5.56 Å². The van der Waals surface area contributed by atoms with E-state index in [1.165, 1.54) is 9.13 Å². The molecule has 0 saturated carbocycles. The molecule has 0 aliphatic carbocycles. The van der Waals surface area contributed by atoms with Crippen LogP contribution in [0.4, 0.5) is 0 Å². The monoisotopic (exact) mass is 436 g/mol. The van der Waals surface area contributed by atoms with E-state index < -0.39 is 0 Å². The summed E-state index contributed by atoms with van der Waals surface area (Å²) in [5.74, 6) is 0.629. The molecule has 1 aliphatic rings. The number of fused-ring (bicyclic) bond motifs is 3. The molecule has 9 heteroatoms. The third-order valence-corrected chi connectivity index (χ3v) is 6.38. The van der Waals surface area contributed by atoms with E-state index in [4.69, 9.17) is 9.72 Å².